The van der Waals surface area contributed by atoms with Gasteiger partial charge in [-0.2, -0.15) is 5.26 Å². The van der Waals surface area contributed by atoms with E-state index in [1.54, 1.807) is 28.9 Å². The number of rotatable bonds is 5. The predicted octanol–water partition coefficient (Wildman–Crippen LogP) is 3.09. The predicted molar refractivity (Wildman–Crippen MR) is 124 cm³/mol. The van der Waals surface area contributed by atoms with Crippen molar-refractivity contribution in [2.24, 2.45) is 0 Å². The van der Waals surface area contributed by atoms with Crippen molar-refractivity contribution in [1.82, 2.24) is 29.9 Å². The molecule has 3 aromatic heterocycles. The van der Waals surface area contributed by atoms with Gasteiger partial charge >= 0.3 is 0 Å². The highest BCUT2D eigenvalue weighted by Gasteiger charge is 2.20. The van der Waals surface area contributed by atoms with Gasteiger partial charge in [-0.15, -0.1) is 5.10 Å². The lowest BCUT2D eigenvalue weighted by Gasteiger charge is -2.18. The van der Waals surface area contributed by atoms with E-state index < -0.39 is 0 Å². The van der Waals surface area contributed by atoms with Crippen molar-refractivity contribution >= 4 is 5.95 Å². The van der Waals surface area contributed by atoms with Gasteiger partial charge in [0.2, 0.25) is 5.95 Å². The van der Waals surface area contributed by atoms with Gasteiger partial charge in [0.25, 0.3) is 0 Å². The van der Waals surface area contributed by atoms with E-state index in [2.05, 4.69) is 47.1 Å². The van der Waals surface area contributed by atoms with Crippen molar-refractivity contribution in [3.05, 3.63) is 71.2 Å². The smallest absolute Gasteiger partial charge is 0.221 e. The van der Waals surface area contributed by atoms with Crippen LogP contribution in [0.15, 0.2) is 48.5 Å². The number of aromatic nitrogens is 6. The lowest BCUT2D eigenvalue weighted by Crippen LogP contribution is -2.16. The Balaban J connectivity index is 1.74. The quantitative estimate of drug-likeness (QED) is 0.482. The number of aliphatic hydroxyl groups excluding tert-OH is 1. The molecule has 166 valence electrons. The molecule has 3 heterocycles. The summed E-state index contributed by atoms with van der Waals surface area (Å²) in [4.78, 5) is 13.3. The number of nitriles is 1. The van der Waals surface area contributed by atoms with Crippen molar-refractivity contribution in [2.75, 3.05) is 5.73 Å². The van der Waals surface area contributed by atoms with E-state index in [9.17, 15) is 10.4 Å². The molecule has 9 heteroatoms. The van der Waals surface area contributed by atoms with Crippen LogP contribution in [0.5, 0.6) is 0 Å². The fourth-order valence-electron chi connectivity index (χ4n) is 3.48. The molecule has 4 rings (SSSR count). The van der Waals surface area contributed by atoms with Gasteiger partial charge in [-0.3, -0.25) is 4.98 Å². The van der Waals surface area contributed by atoms with E-state index in [0.717, 1.165) is 11.4 Å². The average Bonchev–Trinajstić information content (AvgIpc) is 3.20. The first-order valence-electron chi connectivity index (χ1n) is 10.4. The fraction of sp³-hybridized carbons (Fsp3) is 0.250. The number of hydrogen-bond acceptors (Lipinski definition) is 8. The van der Waals surface area contributed by atoms with Crippen LogP contribution in [-0.2, 0) is 18.6 Å². The van der Waals surface area contributed by atoms with Gasteiger partial charge in [0, 0.05) is 16.7 Å². The zero-order valence-electron chi connectivity index (χ0n) is 18.7. The van der Waals surface area contributed by atoms with Crippen LogP contribution in [0.2, 0.25) is 0 Å². The van der Waals surface area contributed by atoms with Gasteiger partial charge in [-0.1, -0.05) is 50.3 Å². The van der Waals surface area contributed by atoms with Crippen molar-refractivity contribution in [3.8, 4) is 28.7 Å². The van der Waals surface area contributed by atoms with Crippen LogP contribution in [0.4, 0.5) is 5.95 Å². The summed E-state index contributed by atoms with van der Waals surface area (Å²) in [5, 5.41) is 28.0. The van der Waals surface area contributed by atoms with Crippen LogP contribution >= 0.6 is 0 Å². The lowest BCUT2D eigenvalue weighted by atomic mass is 9.91. The van der Waals surface area contributed by atoms with Crippen LogP contribution in [0.25, 0.3) is 22.6 Å². The minimum absolute atomic E-state index is 0.0354. The molecule has 0 spiro atoms. The van der Waals surface area contributed by atoms with E-state index in [1.807, 2.05) is 24.3 Å². The number of nitrogens with two attached hydrogens (primary N) is 1. The highest BCUT2D eigenvalue weighted by atomic mass is 16.3. The third-order valence-electron chi connectivity index (χ3n) is 5.18. The van der Waals surface area contributed by atoms with Crippen molar-refractivity contribution in [2.45, 2.75) is 39.3 Å². The molecule has 0 atom stereocenters. The maximum atomic E-state index is 10.1. The summed E-state index contributed by atoms with van der Waals surface area (Å²) in [6, 6.07) is 16.8. The van der Waals surface area contributed by atoms with Gasteiger partial charge in [0.15, 0.2) is 0 Å². The molecule has 0 aliphatic rings. The number of benzene rings is 1. The fourth-order valence-corrected chi connectivity index (χ4v) is 3.48. The molecule has 9 nitrogen and oxygen atoms in total. The van der Waals surface area contributed by atoms with Crippen molar-refractivity contribution < 1.29 is 5.11 Å². The third kappa shape index (κ3) is 4.56. The monoisotopic (exact) mass is 440 g/mol. The van der Waals surface area contributed by atoms with Crippen molar-refractivity contribution in [3.63, 3.8) is 0 Å². The second-order valence-corrected chi connectivity index (χ2v) is 8.62. The van der Waals surface area contributed by atoms with Gasteiger partial charge in [0.05, 0.1) is 47.6 Å². The summed E-state index contributed by atoms with van der Waals surface area (Å²) in [6.45, 7) is 6.36. The number of pyridine rings is 1. The molecule has 0 bridgehead atoms. The van der Waals surface area contributed by atoms with Crippen LogP contribution < -0.4 is 5.73 Å². The average molecular weight is 441 g/mol. The zero-order chi connectivity index (χ0) is 23.6. The molecule has 0 aliphatic heterocycles. The molecule has 0 amide bonds. The molecule has 0 unspecified atom stereocenters. The lowest BCUT2D eigenvalue weighted by molar-refractivity contribution is 0.269. The molecule has 4 aromatic rings. The number of aliphatic hydroxyl groups is 1. The first kappa shape index (κ1) is 22.0. The van der Waals surface area contributed by atoms with Gasteiger partial charge < -0.3 is 10.8 Å². The number of hydrogen-bond donors (Lipinski definition) is 2. The van der Waals surface area contributed by atoms with E-state index in [1.165, 1.54) is 0 Å². The van der Waals surface area contributed by atoms with Gasteiger partial charge in [-0.25, -0.2) is 14.6 Å². The SMILES string of the molecule is CC(C)(C)c1cccc(Cn2nnc(-c3cc(-c4ccccc4C#N)nc(N)n3)c2CO)n1. The molecule has 1 aromatic carbocycles. The first-order chi connectivity index (χ1) is 15.8. The Morgan fingerprint density at radius 2 is 1.79 bits per heavy atom. The molecule has 3 N–H and O–H groups in total. The normalized spacial score (nSPS) is 11.4. The summed E-state index contributed by atoms with van der Waals surface area (Å²) in [5.74, 6) is 0.0354. The highest BCUT2D eigenvalue weighted by Crippen LogP contribution is 2.28. The third-order valence-corrected chi connectivity index (χ3v) is 5.18. The molecule has 0 fully saturated rings. The number of nitrogen functional groups attached to an aromatic ring is 1. The topological polar surface area (TPSA) is 139 Å². The Labute approximate surface area is 191 Å². The van der Waals surface area contributed by atoms with E-state index in [4.69, 9.17) is 10.7 Å². The van der Waals surface area contributed by atoms with Crippen LogP contribution in [0.1, 0.15) is 43.4 Å². The molecular formula is C24H24N8O. The Hall–Kier alpha value is -4.16. The molecule has 0 saturated heterocycles. The Bertz CT molecular complexity index is 1350. The summed E-state index contributed by atoms with van der Waals surface area (Å²) in [7, 11) is 0. The highest BCUT2D eigenvalue weighted by molar-refractivity contribution is 5.72. The second-order valence-electron chi connectivity index (χ2n) is 8.62. The second kappa shape index (κ2) is 8.76. The van der Waals surface area contributed by atoms with Crippen LogP contribution in [0, 0.1) is 11.3 Å². The van der Waals surface area contributed by atoms with Gasteiger partial charge in [0.1, 0.15) is 5.69 Å². The minimum atomic E-state index is -0.296. The summed E-state index contributed by atoms with van der Waals surface area (Å²) in [5.41, 5.74) is 10.6. The van der Waals surface area contributed by atoms with E-state index in [-0.39, 0.29) is 18.0 Å². The molecular weight excluding hydrogens is 416 g/mol. The largest absolute Gasteiger partial charge is 0.390 e. The van der Waals surface area contributed by atoms with Crippen LogP contribution in [0.3, 0.4) is 0 Å². The number of anilines is 1. The van der Waals surface area contributed by atoms with Crippen LogP contribution in [-0.4, -0.2) is 35.1 Å². The Morgan fingerprint density at radius 1 is 1.03 bits per heavy atom. The minimum Gasteiger partial charge on any atom is -0.390 e. The first-order valence-corrected chi connectivity index (χ1v) is 10.4. The summed E-state index contributed by atoms with van der Waals surface area (Å²) < 4.78 is 1.60. The van der Waals surface area contributed by atoms with Gasteiger partial charge in [-0.05, 0) is 24.3 Å². The Kier molecular flexibility index (Phi) is 5.85. The molecule has 0 aliphatic carbocycles. The zero-order valence-corrected chi connectivity index (χ0v) is 18.7. The molecule has 0 radical (unpaired) electrons. The number of nitrogens with zero attached hydrogens (tertiary/aromatic N) is 7. The standard InChI is InChI=1S/C24H24N8O/c1-24(2,3)21-10-6-8-16(27-21)13-32-20(14-33)22(30-31-32)19-11-18(28-23(26)29-19)17-9-5-4-7-15(17)12-25/h4-11,33H,13-14H2,1-3H3,(H2,26,28,29). The van der Waals surface area contributed by atoms with Crippen molar-refractivity contribution in [1.29, 1.82) is 5.26 Å². The Morgan fingerprint density at radius 3 is 2.52 bits per heavy atom. The maximum Gasteiger partial charge on any atom is 0.221 e. The summed E-state index contributed by atoms with van der Waals surface area (Å²) >= 11 is 0. The molecule has 33 heavy (non-hydrogen) atoms. The maximum absolute atomic E-state index is 10.1. The molecule has 0 saturated carbocycles. The van der Waals surface area contributed by atoms with E-state index in [0.29, 0.717) is 40.4 Å². The van der Waals surface area contributed by atoms with E-state index >= 15 is 0 Å². The summed E-state index contributed by atoms with van der Waals surface area (Å²) in [6.07, 6.45) is 0.